The van der Waals surface area contributed by atoms with Gasteiger partial charge in [-0.15, -0.1) is 23.2 Å². The van der Waals surface area contributed by atoms with E-state index in [-0.39, 0.29) is 49.2 Å². The summed E-state index contributed by atoms with van der Waals surface area (Å²) in [6.45, 7) is 9.78. The van der Waals surface area contributed by atoms with Crippen molar-refractivity contribution in [1.82, 2.24) is 4.90 Å². The molecule has 0 saturated heterocycles. The number of hydrogen-bond acceptors (Lipinski definition) is 6. The van der Waals surface area contributed by atoms with Crippen LogP contribution in [0.15, 0.2) is 24.3 Å². The molecule has 0 aliphatic heterocycles. The minimum atomic E-state index is -0.981. The second-order valence-electron chi connectivity index (χ2n) is 5.13. The van der Waals surface area contributed by atoms with Crippen LogP contribution in [0.2, 0.25) is 0 Å². The molecule has 142 valence electrons. The van der Waals surface area contributed by atoms with Crippen LogP contribution in [0.5, 0.6) is 0 Å². The molecule has 0 heterocycles. The summed E-state index contributed by atoms with van der Waals surface area (Å²) in [5, 5.41) is 0. The summed E-state index contributed by atoms with van der Waals surface area (Å²) in [5.74, 6) is -0.897. The van der Waals surface area contributed by atoms with Crippen molar-refractivity contribution in [1.29, 1.82) is 0 Å². The third-order valence-electron chi connectivity index (χ3n) is 2.73. The van der Waals surface area contributed by atoms with Crippen LogP contribution >= 0.6 is 23.2 Å². The van der Waals surface area contributed by atoms with E-state index in [4.69, 9.17) is 37.4 Å². The normalized spacial score (nSPS) is 11.2. The molecule has 9 heteroatoms. The molecule has 0 bridgehead atoms. The highest BCUT2D eigenvalue weighted by Gasteiger charge is 2.22. The first kappa shape index (κ1) is 23.3. The number of amides is 1. The van der Waals surface area contributed by atoms with E-state index in [9.17, 15) is 14.4 Å². The van der Waals surface area contributed by atoms with Crippen molar-refractivity contribution in [2.45, 2.75) is 20.0 Å². The first-order valence-electron chi connectivity index (χ1n) is 7.45. The maximum Gasteiger partial charge on any atom is 0.409 e. The number of carbonyl (C=O) groups excluding carboxylic acids is 3. The van der Waals surface area contributed by atoms with Crippen molar-refractivity contribution < 1.29 is 28.6 Å². The molecule has 0 aliphatic rings. The molecule has 0 rings (SSSR count). The van der Waals surface area contributed by atoms with Gasteiger partial charge in [0, 0.05) is 36.0 Å². The summed E-state index contributed by atoms with van der Waals surface area (Å²) in [6, 6.07) is 0. The Morgan fingerprint density at radius 2 is 1.40 bits per heavy atom. The highest BCUT2D eigenvalue weighted by Crippen LogP contribution is 2.05. The smallest absolute Gasteiger partial charge is 0.409 e. The van der Waals surface area contributed by atoms with E-state index >= 15 is 0 Å². The lowest BCUT2D eigenvalue weighted by Crippen LogP contribution is -2.38. The molecule has 0 fully saturated rings. The van der Waals surface area contributed by atoms with Gasteiger partial charge in [-0.3, -0.25) is 0 Å². The third kappa shape index (κ3) is 9.99. The van der Waals surface area contributed by atoms with Gasteiger partial charge in [0.05, 0.1) is 0 Å². The Kier molecular flexibility index (Phi) is 11.7. The van der Waals surface area contributed by atoms with Crippen LogP contribution in [0.1, 0.15) is 13.8 Å². The van der Waals surface area contributed by atoms with Gasteiger partial charge in [-0.1, -0.05) is 13.2 Å². The van der Waals surface area contributed by atoms with Gasteiger partial charge in [-0.25, -0.2) is 14.4 Å². The molecule has 0 spiro atoms. The minimum absolute atomic E-state index is 0.161. The van der Waals surface area contributed by atoms with Gasteiger partial charge < -0.3 is 19.1 Å². The minimum Gasteiger partial charge on any atom is -0.458 e. The summed E-state index contributed by atoms with van der Waals surface area (Å²) >= 11 is 11.2. The van der Waals surface area contributed by atoms with Gasteiger partial charge in [0.2, 0.25) is 0 Å². The van der Waals surface area contributed by atoms with Crippen LogP contribution in [-0.2, 0) is 23.8 Å². The highest BCUT2D eigenvalue weighted by molar-refractivity contribution is 6.18. The van der Waals surface area contributed by atoms with E-state index in [0.717, 1.165) is 0 Å². The van der Waals surface area contributed by atoms with Crippen LogP contribution in [0, 0.1) is 0 Å². The molecule has 0 aromatic carbocycles. The Morgan fingerprint density at radius 1 is 0.920 bits per heavy atom. The fourth-order valence-corrected chi connectivity index (χ4v) is 1.82. The van der Waals surface area contributed by atoms with Gasteiger partial charge in [0.1, 0.15) is 13.2 Å². The lowest BCUT2D eigenvalue weighted by atomic mass is 10.3. The molecule has 1 amide bonds. The number of carbonyl (C=O) groups is 3. The van der Waals surface area contributed by atoms with Crippen LogP contribution in [-0.4, -0.2) is 67.1 Å². The molecule has 0 aromatic heterocycles. The van der Waals surface area contributed by atoms with E-state index in [1.165, 1.54) is 18.7 Å². The predicted octanol–water partition coefficient (Wildman–Crippen LogP) is 2.51. The quantitative estimate of drug-likeness (QED) is 0.231. The predicted molar refractivity (Wildman–Crippen MR) is 94.8 cm³/mol. The first-order chi connectivity index (χ1) is 11.7. The molecular formula is C16H23Cl2NO6. The molecule has 0 aliphatic carbocycles. The standard InChI is InChI=1S/C16H23Cl2NO6/c1-11(2)14(20)23-9-13(25-15(21)12(3)4)10-24-16(22)19(7-5-17)8-6-18/h13H,1,3,5-10H2,2,4H3. The van der Waals surface area contributed by atoms with Crippen molar-refractivity contribution in [3.05, 3.63) is 24.3 Å². The number of hydrogen-bond donors (Lipinski definition) is 0. The maximum absolute atomic E-state index is 12.0. The van der Waals surface area contributed by atoms with E-state index in [2.05, 4.69) is 13.2 Å². The number of nitrogens with zero attached hydrogens (tertiary/aromatic N) is 1. The van der Waals surface area contributed by atoms with Crippen LogP contribution < -0.4 is 0 Å². The highest BCUT2D eigenvalue weighted by atomic mass is 35.5. The summed E-state index contributed by atoms with van der Waals surface area (Å²) in [7, 11) is 0. The topological polar surface area (TPSA) is 82.1 Å². The largest absolute Gasteiger partial charge is 0.458 e. The van der Waals surface area contributed by atoms with Crippen molar-refractivity contribution in [3.63, 3.8) is 0 Å². The summed E-state index contributed by atoms with van der Waals surface area (Å²) < 4.78 is 15.1. The Morgan fingerprint density at radius 3 is 1.84 bits per heavy atom. The first-order valence-corrected chi connectivity index (χ1v) is 8.52. The molecule has 0 radical (unpaired) electrons. The number of esters is 2. The van der Waals surface area contributed by atoms with Crippen LogP contribution in [0.4, 0.5) is 4.79 Å². The molecule has 0 N–H and O–H groups in total. The molecule has 1 unspecified atom stereocenters. The molecule has 25 heavy (non-hydrogen) atoms. The van der Waals surface area contributed by atoms with Gasteiger partial charge in [0.15, 0.2) is 6.10 Å². The third-order valence-corrected chi connectivity index (χ3v) is 3.07. The Bertz CT molecular complexity index is 503. The lowest BCUT2D eigenvalue weighted by Gasteiger charge is -2.22. The van der Waals surface area contributed by atoms with Crippen molar-refractivity contribution >= 4 is 41.2 Å². The van der Waals surface area contributed by atoms with Gasteiger partial charge in [-0.2, -0.15) is 0 Å². The van der Waals surface area contributed by atoms with E-state index in [1.54, 1.807) is 0 Å². The second-order valence-corrected chi connectivity index (χ2v) is 5.88. The Hall–Kier alpha value is -1.73. The van der Waals surface area contributed by atoms with E-state index in [1.807, 2.05) is 0 Å². The van der Waals surface area contributed by atoms with Gasteiger partial charge in [0.25, 0.3) is 0 Å². The molecule has 7 nitrogen and oxygen atoms in total. The van der Waals surface area contributed by atoms with Gasteiger partial charge >= 0.3 is 18.0 Å². The van der Waals surface area contributed by atoms with Crippen molar-refractivity contribution in [2.75, 3.05) is 38.1 Å². The van der Waals surface area contributed by atoms with E-state index in [0.29, 0.717) is 0 Å². The zero-order chi connectivity index (χ0) is 19.4. The summed E-state index contributed by atoms with van der Waals surface area (Å²) in [6.07, 6.45) is -1.64. The average molecular weight is 396 g/mol. The van der Waals surface area contributed by atoms with Crippen molar-refractivity contribution in [3.8, 4) is 0 Å². The molecular weight excluding hydrogens is 373 g/mol. The zero-order valence-corrected chi connectivity index (χ0v) is 15.9. The molecule has 0 aromatic rings. The lowest BCUT2D eigenvalue weighted by molar-refractivity contribution is -0.156. The summed E-state index contributed by atoms with van der Waals surface area (Å²) in [5.41, 5.74) is 0.353. The van der Waals surface area contributed by atoms with Crippen LogP contribution in [0.25, 0.3) is 0 Å². The molecule has 1 atom stereocenters. The van der Waals surface area contributed by atoms with Crippen molar-refractivity contribution in [2.24, 2.45) is 0 Å². The Balaban J connectivity index is 4.76. The number of alkyl halides is 2. The average Bonchev–Trinajstić information content (AvgIpc) is 2.55. The SMILES string of the molecule is C=C(C)C(=O)OCC(COC(=O)N(CCCl)CCCl)OC(=O)C(=C)C. The van der Waals surface area contributed by atoms with E-state index < -0.39 is 24.1 Å². The fourth-order valence-electron chi connectivity index (χ4n) is 1.41. The van der Waals surface area contributed by atoms with Gasteiger partial charge in [-0.05, 0) is 13.8 Å². The van der Waals surface area contributed by atoms with Crippen LogP contribution in [0.3, 0.4) is 0 Å². The monoisotopic (exact) mass is 395 g/mol. The summed E-state index contributed by atoms with van der Waals surface area (Å²) in [4.78, 5) is 36.4. The Labute approximate surface area is 157 Å². The number of rotatable bonds is 11. The fraction of sp³-hybridized carbons (Fsp3) is 0.562. The molecule has 0 saturated carbocycles. The maximum atomic E-state index is 12.0. The number of halogens is 2. The number of ether oxygens (including phenoxy) is 3. The second kappa shape index (κ2) is 12.6. The zero-order valence-electron chi connectivity index (χ0n) is 14.4.